The van der Waals surface area contributed by atoms with Crippen LogP contribution in [0.1, 0.15) is 13.3 Å². The Morgan fingerprint density at radius 2 is 2.44 bits per heavy atom. The topological polar surface area (TPSA) is 84.7 Å². The van der Waals surface area contributed by atoms with Crippen molar-refractivity contribution in [1.82, 2.24) is 10.2 Å². The molecule has 1 atom stereocenters. The summed E-state index contributed by atoms with van der Waals surface area (Å²) in [6.07, 6.45) is 0.620. The first-order valence-corrected chi connectivity index (χ1v) is 5.55. The van der Waals surface area contributed by atoms with E-state index in [1.54, 1.807) is 4.90 Å². The van der Waals surface area contributed by atoms with Crippen LogP contribution in [0.3, 0.4) is 0 Å². The molecular weight excluding hydrogens is 210 g/mol. The van der Waals surface area contributed by atoms with Gasteiger partial charge in [0.1, 0.15) is 12.6 Å². The smallest absolute Gasteiger partial charge is 0.249 e. The summed E-state index contributed by atoms with van der Waals surface area (Å²) in [6, 6.07) is -0.359. The van der Waals surface area contributed by atoms with Crippen LogP contribution in [-0.2, 0) is 14.3 Å². The molecule has 1 saturated heterocycles. The molecule has 0 aromatic rings. The van der Waals surface area contributed by atoms with E-state index >= 15 is 0 Å². The van der Waals surface area contributed by atoms with Crippen molar-refractivity contribution in [3.63, 3.8) is 0 Å². The van der Waals surface area contributed by atoms with Crippen molar-refractivity contribution in [2.75, 3.05) is 32.8 Å². The van der Waals surface area contributed by atoms with E-state index in [2.05, 4.69) is 5.32 Å². The van der Waals surface area contributed by atoms with E-state index in [9.17, 15) is 9.59 Å². The van der Waals surface area contributed by atoms with E-state index in [1.807, 2.05) is 6.92 Å². The fraction of sp³-hybridized carbons (Fsp3) is 0.800. The molecule has 1 rings (SSSR count). The highest BCUT2D eigenvalue weighted by molar-refractivity contribution is 5.89. The van der Waals surface area contributed by atoms with Gasteiger partial charge in [0, 0.05) is 19.6 Å². The van der Waals surface area contributed by atoms with Gasteiger partial charge in [0.05, 0.1) is 6.61 Å². The monoisotopic (exact) mass is 229 g/mol. The molecule has 1 unspecified atom stereocenters. The fourth-order valence-electron chi connectivity index (χ4n) is 1.74. The average Bonchev–Trinajstić information content (AvgIpc) is 2.29. The second-order valence-corrected chi connectivity index (χ2v) is 3.64. The number of carbonyl (C=O) groups is 2. The number of carbonyl (C=O) groups excluding carboxylic acids is 2. The van der Waals surface area contributed by atoms with Crippen LogP contribution in [0.5, 0.6) is 0 Å². The summed E-state index contributed by atoms with van der Waals surface area (Å²) in [5.41, 5.74) is 5.25. The van der Waals surface area contributed by atoms with Gasteiger partial charge in [-0.2, -0.15) is 0 Å². The summed E-state index contributed by atoms with van der Waals surface area (Å²) in [7, 11) is 0. The van der Waals surface area contributed by atoms with Gasteiger partial charge in [-0.3, -0.25) is 9.59 Å². The Balaban J connectivity index is 2.48. The first-order chi connectivity index (χ1) is 7.70. The Kier molecular flexibility index (Phi) is 5.21. The largest absolute Gasteiger partial charge is 0.370 e. The molecule has 6 heteroatoms. The predicted octanol–water partition coefficient (Wildman–Crippen LogP) is -1.30. The Bertz CT molecular complexity index is 258. The minimum absolute atomic E-state index is 0.000972. The second-order valence-electron chi connectivity index (χ2n) is 3.64. The molecule has 0 aromatic carbocycles. The van der Waals surface area contributed by atoms with Crippen LogP contribution in [0.4, 0.5) is 0 Å². The summed E-state index contributed by atoms with van der Waals surface area (Å²) in [5, 5.41) is 2.74. The van der Waals surface area contributed by atoms with Crippen molar-refractivity contribution in [3.05, 3.63) is 0 Å². The standard InChI is InChI=1S/C10H19N3O3/c1-2-8-10(15)12-4-5-13(8)9(14)7-16-6-3-11/h8H,2-7,11H2,1H3,(H,12,15). The molecule has 92 valence electrons. The molecule has 1 heterocycles. The first kappa shape index (κ1) is 12.9. The summed E-state index contributed by atoms with van der Waals surface area (Å²) < 4.78 is 5.08. The highest BCUT2D eigenvalue weighted by Crippen LogP contribution is 2.08. The van der Waals surface area contributed by atoms with Crippen LogP contribution in [0.25, 0.3) is 0 Å². The molecule has 0 aromatic heterocycles. The van der Waals surface area contributed by atoms with Crippen molar-refractivity contribution in [2.45, 2.75) is 19.4 Å². The minimum atomic E-state index is -0.359. The van der Waals surface area contributed by atoms with Crippen molar-refractivity contribution in [1.29, 1.82) is 0 Å². The van der Waals surface area contributed by atoms with Crippen LogP contribution in [0, 0.1) is 0 Å². The SMILES string of the molecule is CCC1C(=O)NCCN1C(=O)COCCN. The molecule has 0 aliphatic carbocycles. The lowest BCUT2D eigenvalue weighted by atomic mass is 10.1. The quantitative estimate of drug-likeness (QED) is 0.574. The highest BCUT2D eigenvalue weighted by atomic mass is 16.5. The summed E-state index contributed by atoms with van der Waals surface area (Å²) in [6.45, 7) is 3.71. The second kappa shape index (κ2) is 6.44. The molecule has 6 nitrogen and oxygen atoms in total. The van der Waals surface area contributed by atoms with E-state index in [4.69, 9.17) is 10.5 Å². The van der Waals surface area contributed by atoms with E-state index < -0.39 is 0 Å². The number of nitrogens with one attached hydrogen (secondary N) is 1. The summed E-state index contributed by atoms with van der Waals surface area (Å²) >= 11 is 0. The van der Waals surface area contributed by atoms with Gasteiger partial charge in [0.2, 0.25) is 11.8 Å². The van der Waals surface area contributed by atoms with Gasteiger partial charge in [-0.1, -0.05) is 6.92 Å². The zero-order chi connectivity index (χ0) is 12.0. The Hall–Kier alpha value is -1.14. The third-order valence-electron chi connectivity index (χ3n) is 2.53. The van der Waals surface area contributed by atoms with Gasteiger partial charge in [0.25, 0.3) is 0 Å². The van der Waals surface area contributed by atoms with Crippen molar-refractivity contribution in [3.8, 4) is 0 Å². The molecule has 1 aliphatic heterocycles. The Labute approximate surface area is 95.1 Å². The van der Waals surface area contributed by atoms with Gasteiger partial charge in [0.15, 0.2) is 0 Å². The Morgan fingerprint density at radius 3 is 3.06 bits per heavy atom. The van der Waals surface area contributed by atoms with Crippen LogP contribution < -0.4 is 11.1 Å². The van der Waals surface area contributed by atoms with Gasteiger partial charge in [-0.15, -0.1) is 0 Å². The van der Waals surface area contributed by atoms with Crippen LogP contribution in [-0.4, -0.2) is 55.6 Å². The molecule has 0 radical (unpaired) electrons. The molecule has 3 N–H and O–H groups in total. The molecule has 1 fully saturated rings. The normalized spacial score (nSPS) is 20.8. The zero-order valence-corrected chi connectivity index (χ0v) is 9.57. The molecule has 0 spiro atoms. The minimum Gasteiger partial charge on any atom is -0.370 e. The van der Waals surface area contributed by atoms with Gasteiger partial charge >= 0.3 is 0 Å². The Morgan fingerprint density at radius 1 is 1.69 bits per heavy atom. The molecule has 2 amide bonds. The lowest BCUT2D eigenvalue weighted by molar-refractivity contribution is -0.146. The maximum Gasteiger partial charge on any atom is 0.249 e. The van der Waals surface area contributed by atoms with Crippen molar-refractivity contribution < 1.29 is 14.3 Å². The third kappa shape index (κ3) is 3.18. The fourth-order valence-corrected chi connectivity index (χ4v) is 1.74. The van der Waals surface area contributed by atoms with Crippen LogP contribution in [0.15, 0.2) is 0 Å². The maximum absolute atomic E-state index is 11.8. The van der Waals surface area contributed by atoms with E-state index in [1.165, 1.54) is 0 Å². The third-order valence-corrected chi connectivity index (χ3v) is 2.53. The van der Waals surface area contributed by atoms with Crippen LogP contribution >= 0.6 is 0 Å². The summed E-state index contributed by atoms with van der Waals surface area (Å²) in [5.74, 6) is -0.226. The molecular formula is C10H19N3O3. The molecule has 16 heavy (non-hydrogen) atoms. The number of rotatable bonds is 5. The molecule has 1 aliphatic rings. The number of piperazine rings is 1. The van der Waals surface area contributed by atoms with Crippen molar-refractivity contribution in [2.24, 2.45) is 5.73 Å². The predicted molar refractivity (Wildman–Crippen MR) is 58.7 cm³/mol. The lowest BCUT2D eigenvalue weighted by Gasteiger charge is -2.34. The average molecular weight is 229 g/mol. The number of hydrogen-bond acceptors (Lipinski definition) is 4. The molecule has 0 bridgehead atoms. The zero-order valence-electron chi connectivity index (χ0n) is 9.57. The van der Waals surface area contributed by atoms with Gasteiger partial charge in [-0.05, 0) is 6.42 Å². The van der Waals surface area contributed by atoms with E-state index in [-0.39, 0.29) is 24.5 Å². The van der Waals surface area contributed by atoms with Gasteiger partial charge < -0.3 is 20.7 Å². The first-order valence-electron chi connectivity index (χ1n) is 5.55. The number of amides is 2. The van der Waals surface area contributed by atoms with Crippen molar-refractivity contribution >= 4 is 11.8 Å². The summed E-state index contributed by atoms with van der Waals surface area (Å²) in [4.78, 5) is 24.9. The highest BCUT2D eigenvalue weighted by Gasteiger charge is 2.31. The maximum atomic E-state index is 11.8. The van der Waals surface area contributed by atoms with Crippen LogP contribution in [0.2, 0.25) is 0 Å². The van der Waals surface area contributed by atoms with E-state index in [0.29, 0.717) is 32.7 Å². The molecule has 0 saturated carbocycles. The number of ether oxygens (including phenoxy) is 1. The number of hydrogen-bond donors (Lipinski definition) is 2. The van der Waals surface area contributed by atoms with E-state index in [0.717, 1.165) is 0 Å². The lowest BCUT2D eigenvalue weighted by Crippen LogP contribution is -2.57. The number of nitrogens with zero attached hydrogens (tertiary/aromatic N) is 1. The number of nitrogens with two attached hydrogens (primary N) is 1. The van der Waals surface area contributed by atoms with Gasteiger partial charge in [-0.25, -0.2) is 0 Å².